The molecule has 128 valence electrons. The highest BCUT2D eigenvalue weighted by Crippen LogP contribution is 2.38. The van der Waals surface area contributed by atoms with Crippen LogP contribution in [0.4, 0.5) is 5.69 Å². The van der Waals surface area contributed by atoms with Gasteiger partial charge in [-0.15, -0.1) is 4.57 Å². The topological polar surface area (TPSA) is 127 Å². The number of hydrogen-bond acceptors (Lipinski definition) is 8. The van der Waals surface area contributed by atoms with Gasteiger partial charge in [-0.1, -0.05) is 11.3 Å². The molecule has 2 rings (SSSR count). The van der Waals surface area contributed by atoms with E-state index >= 15 is 0 Å². The lowest BCUT2D eigenvalue weighted by Gasteiger charge is -2.09. The predicted octanol–water partition coefficient (Wildman–Crippen LogP) is 2.09. The van der Waals surface area contributed by atoms with Gasteiger partial charge in [0.2, 0.25) is 22.6 Å². The smallest absolute Gasteiger partial charge is 0.394 e. The van der Waals surface area contributed by atoms with E-state index in [-0.39, 0.29) is 17.1 Å². The number of rotatable bonds is 6. The molecule has 2 aromatic rings. The molecule has 0 aliphatic carbocycles. The summed E-state index contributed by atoms with van der Waals surface area (Å²) in [5.41, 5.74) is 0.232. The zero-order valence-corrected chi connectivity index (χ0v) is 13.9. The van der Waals surface area contributed by atoms with Crippen LogP contribution in [0, 0.1) is 21.4 Å². The normalized spacial score (nSPS) is 11.2. The van der Waals surface area contributed by atoms with E-state index in [1.165, 1.54) is 47.9 Å². The molecule has 0 unspecified atom stereocenters. The number of aliphatic hydroxyl groups is 1. The first-order valence-corrected chi connectivity index (χ1v) is 7.61. The van der Waals surface area contributed by atoms with Crippen molar-refractivity contribution >= 4 is 28.7 Å². The third-order valence-corrected chi connectivity index (χ3v) is 3.83. The molecule has 9 nitrogen and oxygen atoms in total. The van der Waals surface area contributed by atoms with Crippen LogP contribution in [0.25, 0.3) is 5.88 Å². The van der Waals surface area contributed by atoms with Crippen molar-refractivity contribution in [3.05, 3.63) is 50.5 Å². The van der Waals surface area contributed by atoms with E-state index in [4.69, 9.17) is 9.47 Å². The highest BCUT2D eigenvalue weighted by molar-refractivity contribution is 7.07. The number of thiazole rings is 1. The molecule has 0 bridgehead atoms. The number of allylic oxidation sites excluding steroid dienone is 1. The van der Waals surface area contributed by atoms with E-state index in [9.17, 15) is 25.3 Å². The minimum absolute atomic E-state index is 0.0417. The molecule has 0 amide bonds. The summed E-state index contributed by atoms with van der Waals surface area (Å²) in [5.74, 6) is -1.66. The van der Waals surface area contributed by atoms with Crippen LogP contribution in [0.1, 0.15) is 10.4 Å². The third-order valence-electron chi connectivity index (χ3n) is 3.20. The molecular formula is C15H12N3O6S+. The van der Waals surface area contributed by atoms with Crippen molar-refractivity contribution in [3.63, 3.8) is 0 Å². The van der Waals surface area contributed by atoms with E-state index in [0.29, 0.717) is 0 Å². The van der Waals surface area contributed by atoms with Crippen molar-refractivity contribution in [1.29, 1.82) is 5.26 Å². The fraction of sp³-hybridized carbons (Fsp3) is 0.133. The van der Waals surface area contributed by atoms with Crippen molar-refractivity contribution in [1.82, 2.24) is 0 Å². The minimum atomic E-state index is -0.886. The number of aliphatic hydroxyl groups excluding tert-OH is 1. The van der Waals surface area contributed by atoms with Crippen LogP contribution in [-0.2, 0) is 0 Å². The number of methoxy groups -OCH3 is 2. The fourth-order valence-electron chi connectivity index (χ4n) is 2.04. The maximum absolute atomic E-state index is 12.6. The van der Waals surface area contributed by atoms with Crippen LogP contribution in [0.15, 0.2) is 34.8 Å². The molecule has 1 N–H and O–H groups in total. The second-order valence-corrected chi connectivity index (χ2v) is 5.32. The standard InChI is InChI=1S/C15H11N3O6S/c1-23-12-6-9(5-11(18(21)22)14(12)24-2)13(19)10(7-16)15(20)17-3-4-25-8-17/h3-6,8H,1-2H3/p+1. The Morgan fingerprint density at radius 1 is 1.40 bits per heavy atom. The quantitative estimate of drug-likeness (QED) is 0.158. The third kappa shape index (κ3) is 3.41. The molecule has 0 saturated heterocycles. The Hall–Kier alpha value is -3.45. The second kappa shape index (κ2) is 7.41. The number of nitro groups is 1. The predicted molar refractivity (Wildman–Crippen MR) is 86.5 cm³/mol. The van der Waals surface area contributed by atoms with Crippen LogP contribution in [0.5, 0.6) is 11.5 Å². The number of hydrogen-bond donors (Lipinski definition) is 1. The van der Waals surface area contributed by atoms with Crippen LogP contribution >= 0.6 is 11.3 Å². The molecule has 0 atom stereocenters. The Morgan fingerprint density at radius 3 is 2.60 bits per heavy atom. The number of nitrogens with zero attached hydrogens (tertiary/aromatic N) is 3. The van der Waals surface area contributed by atoms with E-state index in [1.807, 2.05) is 0 Å². The summed E-state index contributed by atoms with van der Waals surface area (Å²) >= 11 is 1.24. The summed E-state index contributed by atoms with van der Waals surface area (Å²) < 4.78 is 11.2. The minimum Gasteiger partial charge on any atom is -0.493 e. The maximum atomic E-state index is 12.6. The summed E-state index contributed by atoms with van der Waals surface area (Å²) in [6.07, 6.45) is 1.46. The molecule has 25 heavy (non-hydrogen) atoms. The number of ketones is 1. The van der Waals surface area contributed by atoms with E-state index in [1.54, 1.807) is 11.4 Å². The van der Waals surface area contributed by atoms with Gasteiger partial charge in [0, 0.05) is 11.6 Å². The summed E-state index contributed by atoms with van der Waals surface area (Å²) in [5, 5.41) is 32.2. The first-order valence-electron chi connectivity index (χ1n) is 6.66. The summed E-state index contributed by atoms with van der Waals surface area (Å²) in [7, 11) is 2.49. The number of ether oxygens (including phenoxy) is 2. The lowest BCUT2D eigenvalue weighted by atomic mass is 10.0. The Bertz CT molecular complexity index is 899. The molecule has 1 aromatic carbocycles. The van der Waals surface area contributed by atoms with Crippen LogP contribution < -0.4 is 14.0 Å². The van der Waals surface area contributed by atoms with Crippen molar-refractivity contribution in [2.45, 2.75) is 0 Å². The Labute approximate surface area is 145 Å². The molecule has 0 spiro atoms. The largest absolute Gasteiger partial charge is 0.493 e. The zero-order valence-electron chi connectivity index (χ0n) is 13.1. The molecule has 1 heterocycles. The van der Waals surface area contributed by atoms with E-state index in [2.05, 4.69) is 0 Å². The number of nitriles is 1. The number of carbonyl (C=O) groups excluding carboxylic acids is 1. The Kier molecular flexibility index (Phi) is 5.31. The molecule has 0 aliphatic heterocycles. The fourth-order valence-corrected chi connectivity index (χ4v) is 2.62. The van der Waals surface area contributed by atoms with Gasteiger partial charge in [-0.3, -0.25) is 14.9 Å². The van der Waals surface area contributed by atoms with Crippen molar-refractivity contribution in [2.24, 2.45) is 0 Å². The number of nitro benzene ring substituents is 1. The monoisotopic (exact) mass is 362 g/mol. The SMILES string of the molecule is COc1cc(C(=O)C(C#N)=C(O)[n+]2ccsc2)cc([N+](=O)[O-])c1OC. The van der Waals surface area contributed by atoms with Crippen LogP contribution in [-0.4, -0.2) is 30.0 Å². The van der Waals surface area contributed by atoms with E-state index < -0.39 is 27.9 Å². The van der Waals surface area contributed by atoms with Crippen LogP contribution in [0.3, 0.4) is 0 Å². The lowest BCUT2D eigenvalue weighted by molar-refractivity contribution is -0.594. The second-order valence-electron chi connectivity index (χ2n) is 4.56. The van der Waals surface area contributed by atoms with Gasteiger partial charge >= 0.3 is 11.6 Å². The molecule has 0 radical (unpaired) electrons. The highest BCUT2D eigenvalue weighted by Gasteiger charge is 2.29. The van der Waals surface area contributed by atoms with Gasteiger partial charge in [-0.2, -0.15) is 5.26 Å². The number of aromatic nitrogens is 1. The van der Waals surface area contributed by atoms with Gasteiger partial charge < -0.3 is 14.6 Å². The summed E-state index contributed by atoms with van der Waals surface area (Å²) in [6.45, 7) is 0. The van der Waals surface area contributed by atoms with Gasteiger partial charge in [-0.05, 0) is 6.07 Å². The van der Waals surface area contributed by atoms with Crippen molar-refractivity contribution in [3.8, 4) is 17.6 Å². The first kappa shape index (κ1) is 17.9. The average Bonchev–Trinajstić information content (AvgIpc) is 3.15. The van der Waals surface area contributed by atoms with Crippen LogP contribution in [0.2, 0.25) is 0 Å². The number of carbonyl (C=O) groups is 1. The number of Topliss-reactive ketones (excluding diaryl/α,β-unsaturated/α-hetero) is 1. The van der Waals surface area contributed by atoms with E-state index in [0.717, 1.165) is 6.07 Å². The zero-order chi connectivity index (χ0) is 18.6. The molecule has 10 heteroatoms. The molecule has 0 saturated carbocycles. The molecular weight excluding hydrogens is 350 g/mol. The summed E-state index contributed by atoms with van der Waals surface area (Å²) in [6, 6.07) is 3.80. The van der Waals surface area contributed by atoms with Gasteiger partial charge in [-0.25, -0.2) is 0 Å². The maximum Gasteiger partial charge on any atom is 0.394 e. The Morgan fingerprint density at radius 2 is 2.12 bits per heavy atom. The van der Waals surface area contributed by atoms with Crippen molar-refractivity contribution < 1.29 is 28.9 Å². The Balaban J connectivity index is 2.63. The van der Waals surface area contributed by atoms with Gasteiger partial charge in [0.25, 0.3) is 0 Å². The number of benzene rings is 1. The van der Waals surface area contributed by atoms with Crippen molar-refractivity contribution in [2.75, 3.05) is 14.2 Å². The van der Waals surface area contributed by atoms with Gasteiger partial charge in [0.05, 0.1) is 24.5 Å². The van der Waals surface area contributed by atoms with Gasteiger partial charge in [0.15, 0.2) is 11.9 Å². The highest BCUT2D eigenvalue weighted by atomic mass is 32.1. The molecule has 0 fully saturated rings. The van der Waals surface area contributed by atoms with Gasteiger partial charge in [0.1, 0.15) is 6.07 Å². The molecule has 0 aliphatic rings. The molecule has 1 aromatic heterocycles. The summed E-state index contributed by atoms with van der Waals surface area (Å²) in [4.78, 5) is 23.1. The average molecular weight is 362 g/mol. The lowest BCUT2D eigenvalue weighted by Crippen LogP contribution is -2.31. The first-order chi connectivity index (χ1) is 11.9.